The second-order valence-electron chi connectivity index (χ2n) is 10.3. The van der Waals surface area contributed by atoms with Crippen LogP contribution in [0.3, 0.4) is 0 Å². The highest BCUT2D eigenvalue weighted by atomic mass is 19.3. The molecule has 2 heterocycles. The van der Waals surface area contributed by atoms with E-state index in [0.717, 1.165) is 35.1 Å². The minimum absolute atomic E-state index is 0.0116. The number of nitrogens with zero attached hydrogens (tertiary/aromatic N) is 4. The van der Waals surface area contributed by atoms with Crippen molar-refractivity contribution in [3.63, 3.8) is 0 Å². The summed E-state index contributed by atoms with van der Waals surface area (Å²) in [5, 5.41) is 21.9. The van der Waals surface area contributed by atoms with Crippen LogP contribution in [0, 0.1) is 17.0 Å². The average molecular weight is 504 g/mol. The molecular weight excluding hydrogens is 480 g/mol. The average Bonchev–Trinajstić information content (AvgIpc) is 3.47. The summed E-state index contributed by atoms with van der Waals surface area (Å²) in [5.74, 6) is -5.24. The van der Waals surface area contributed by atoms with Gasteiger partial charge in [0.05, 0.1) is 19.8 Å². The maximum Gasteiger partial charge on any atom is 0.287 e. The molecule has 1 saturated heterocycles. The maximum atomic E-state index is 16.3. The molecule has 36 heavy (non-hydrogen) atoms. The van der Waals surface area contributed by atoms with Crippen molar-refractivity contribution < 1.29 is 32.1 Å². The fourth-order valence-corrected chi connectivity index (χ4v) is 6.22. The van der Waals surface area contributed by atoms with Crippen LogP contribution in [0.1, 0.15) is 36.8 Å². The van der Waals surface area contributed by atoms with Crippen LogP contribution in [0.15, 0.2) is 48.8 Å². The second kappa shape index (κ2) is 7.97. The molecule has 0 amide bonds. The highest BCUT2D eigenvalue weighted by Gasteiger charge is 2.82. The van der Waals surface area contributed by atoms with Gasteiger partial charge in [-0.3, -0.25) is 0 Å². The third-order valence-electron chi connectivity index (χ3n) is 8.03. The molecule has 2 aromatic carbocycles. The standard InChI is InChI=1S/C25H24F4N4O3/c26-17-3-6-20(21(27)9-17)24(34,14-33-15-30-31-32-33)25(28,29)23-11-22(12-23,13-23)16-1-4-18(5-2-16)36-19-7-8-35-10-19/h1-6,9,15,19,34H,7-8,10-14H2/t19-,22?,23?,24?/m0/s1. The maximum absolute atomic E-state index is 16.3. The summed E-state index contributed by atoms with van der Waals surface area (Å²) in [6, 6.07) is 9.64. The van der Waals surface area contributed by atoms with Crippen LogP contribution >= 0.6 is 0 Å². The Labute approximate surface area is 204 Å². The number of hydrogen-bond acceptors (Lipinski definition) is 6. The van der Waals surface area contributed by atoms with Crippen molar-refractivity contribution in [2.75, 3.05) is 13.2 Å². The highest BCUT2D eigenvalue weighted by molar-refractivity contribution is 5.44. The van der Waals surface area contributed by atoms with Gasteiger partial charge in [-0.15, -0.1) is 5.10 Å². The van der Waals surface area contributed by atoms with E-state index < -0.39 is 46.1 Å². The topological polar surface area (TPSA) is 82.3 Å². The van der Waals surface area contributed by atoms with Crippen molar-refractivity contribution >= 4 is 0 Å². The zero-order valence-electron chi connectivity index (χ0n) is 19.2. The Morgan fingerprint density at radius 2 is 1.86 bits per heavy atom. The van der Waals surface area contributed by atoms with Crippen molar-refractivity contribution in [3.8, 4) is 5.75 Å². The molecule has 4 fully saturated rings. The number of alkyl halides is 2. The first-order valence-corrected chi connectivity index (χ1v) is 11.8. The summed E-state index contributed by atoms with van der Waals surface area (Å²) >= 11 is 0. The molecule has 3 aliphatic carbocycles. The molecule has 1 unspecified atom stereocenters. The number of tetrazole rings is 1. The van der Waals surface area contributed by atoms with E-state index in [4.69, 9.17) is 9.47 Å². The Morgan fingerprint density at radius 3 is 2.47 bits per heavy atom. The molecule has 3 aromatic rings. The van der Waals surface area contributed by atoms with E-state index >= 15 is 8.78 Å². The largest absolute Gasteiger partial charge is 0.488 e. The molecule has 2 bridgehead atoms. The van der Waals surface area contributed by atoms with Gasteiger partial charge in [0, 0.05) is 23.5 Å². The summed E-state index contributed by atoms with van der Waals surface area (Å²) in [5.41, 5.74) is -4.73. The summed E-state index contributed by atoms with van der Waals surface area (Å²) in [6.07, 6.45) is 2.29. The lowest BCUT2D eigenvalue weighted by Gasteiger charge is -2.74. The van der Waals surface area contributed by atoms with Crippen LogP contribution in [0.2, 0.25) is 0 Å². The van der Waals surface area contributed by atoms with Gasteiger partial charge in [-0.05, 0) is 64.9 Å². The van der Waals surface area contributed by atoms with E-state index in [9.17, 15) is 13.9 Å². The molecule has 4 aliphatic rings. The van der Waals surface area contributed by atoms with E-state index in [0.29, 0.717) is 25.0 Å². The fraction of sp³-hybridized carbons (Fsp3) is 0.480. The van der Waals surface area contributed by atoms with Gasteiger partial charge in [-0.1, -0.05) is 12.1 Å². The first-order valence-electron chi connectivity index (χ1n) is 11.8. The van der Waals surface area contributed by atoms with Crippen LogP contribution in [0.5, 0.6) is 5.75 Å². The summed E-state index contributed by atoms with van der Waals surface area (Å²) < 4.78 is 72.9. The first-order chi connectivity index (χ1) is 17.2. The lowest BCUT2D eigenvalue weighted by atomic mass is 9.30. The van der Waals surface area contributed by atoms with Crippen molar-refractivity contribution in [2.24, 2.45) is 5.41 Å². The van der Waals surface area contributed by atoms with Gasteiger partial charge in [-0.25, -0.2) is 22.2 Å². The van der Waals surface area contributed by atoms with Crippen molar-refractivity contribution in [1.82, 2.24) is 20.2 Å². The van der Waals surface area contributed by atoms with E-state index in [1.807, 2.05) is 24.3 Å². The van der Waals surface area contributed by atoms with Gasteiger partial charge >= 0.3 is 0 Å². The number of ether oxygens (including phenoxy) is 2. The van der Waals surface area contributed by atoms with Gasteiger partial charge in [0.2, 0.25) is 0 Å². The molecule has 7 nitrogen and oxygen atoms in total. The van der Waals surface area contributed by atoms with Crippen LogP contribution in [-0.4, -0.2) is 50.6 Å². The van der Waals surface area contributed by atoms with E-state index in [-0.39, 0.29) is 25.4 Å². The first kappa shape index (κ1) is 23.4. The lowest BCUT2D eigenvalue weighted by Crippen LogP contribution is -2.76. The predicted molar refractivity (Wildman–Crippen MR) is 117 cm³/mol. The number of aromatic nitrogens is 4. The molecule has 0 spiro atoms. The monoisotopic (exact) mass is 504 g/mol. The normalized spacial score (nSPS) is 28.8. The van der Waals surface area contributed by atoms with E-state index in [1.165, 1.54) is 0 Å². The Kier molecular flexibility index (Phi) is 5.17. The second-order valence-corrected chi connectivity index (χ2v) is 10.3. The molecular formula is C25H24F4N4O3. The number of halogens is 4. The molecule has 2 atom stereocenters. The Hall–Kier alpha value is -3.05. The van der Waals surface area contributed by atoms with Crippen LogP contribution in [0.25, 0.3) is 0 Å². The van der Waals surface area contributed by atoms with Crippen molar-refractivity contribution in [1.29, 1.82) is 0 Å². The number of rotatable bonds is 8. The SMILES string of the molecule is OC(Cn1cnnn1)(c1ccc(F)cc1F)C(F)(F)C12CC(c3ccc(O[C@H]4CCOC4)cc3)(C1)C2. The lowest BCUT2D eigenvalue weighted by molar-refractivity contribution is -0.347. The number of aliphatic hydroxyl groups is 1. The van der Waals surface area contributed by atoms with Gasteiger partial charge in [-0.2, -0.15) is 0 Å². The quantitative estimate of drug-likeness (QED) is 0.471. The zero-order valence-corrected chi connectivity index (χ0v) is 19.2. The van der Waals surface area contributed by atoms with E-state index in [2.05, 4.69) is 15.5 Å². The zero-order chi connectivity index (χ0) is 25.2. The highest BCUT2D eigenvalue weighted by Crippen LogP contribution is 2.80. The Balaban J connectivity index is 1.25. The minimum atomic E-state index is -3.75. The van der Waals surface area contributed by atoms with Gasteiger partial charge in [0.15, 0.2) is 5.60 Å². The molecule has 11 heteroatoms. The van der Waals surface area contributed by atoms with Crippen molar-refractivity contribution in [3.05, 3.63) is 71.6 Å². The minimum Gasteiger partial charge on any atom is -0.488 e. The molecule has 3 saturated carbocycles. The van der Waals surface area contributed by atoms with Gasteiger partial charge < -0.3 is 14.6 Å². The molecule has 1 aliphatic heterocycles. The van der Waals surface area contributed by atoms with Gasteiger partial charge in [0.25, 0.3) is 5.92 Å². The number of hydrogen-bond donors (Lipinski definition) is 1. The Morgan fingerprint density at radius 1 is 1.11 bits per heavy atom. The molecule has 7 rings (SSSR count). The summed E-state index contributed by atoms with van der Waals surface area (Å²) in [4.78, 5) is 0. The fourth-order valence-electron chi connectivity index (χ4n) is 6.22. The molecule has 1 aromatic heterocycles. The smallest absolute Gasteiger partial charge is 0.287 e. The van der Waals surface area contributed by atoms with Crippen LogP contribution in [-0.2, 0) is 22.3 Å². The third-order valence-corrected chi connectivity index (χ3v) is 8.03. The summed E-state index contributed by atoms with van der Waals surface area (Å²) in [7, 11) is 0. The van der Waals surface area contributed by atoms with Crippen LogP contribution < -0.4 is 4.74 Å². The third kappa shape index (κ3) is 3.36. The summed E-state index contributed by atoms with van der Waals surface area (Å²) in [6.45, 7) is 0.427. The Bertz CT molecular complexity index is 1250. The molecule has 190 valence electrons. The molecule has 1 N–H and O–H groups in total. The van der Waals surface area contributed by atoms with Crippen molar-refractivity contribution in [2.45, 2.75) is 55.3 Å². The van der Waals surface area contributed by atoms with Gasteiger partial charge in [0.1, 0.15) is 29.8 Å². The van der Waals surface area contributed by atoms with E-state index in [1.54, 1.807) is 0 Å². The molecule has 0 radical (unpaired) electrons. The van der Waals surface area contributed by atoms with Crippen LogP contribution in [0.4, 0.5) is 17.6 Å². The number of benzene rings is 2. The predicted octanol–water partition coefficient (Wildman–Crippen LogP) is 3.76.